The van der Waals surface area contributed by atoms with Crippen molar-refractivity contribution < 1.29 is 9.90 Å². The number of carbonyl (C=O) groups excluding carboxylic acids is 1. The number of phenolic OH excluding ortho intramolecular Hbond substituents is 1. The molecular formula is C27H23NO2. The summed E-state index contributed by atoms with van der Waals surface area (Å²) in [5, 5.41) is 16.9. The summed E-state index contributed by atoms with van der Waals surface area (Å²) in [6.45, 7) is 0.831. The van der Waals surface area contributed by atoms with Crippen LogP contribution in [0.3, 0.4) is 0 Å². The summed E-state index contributed by atoms with van der Waals surface area (Å²) in [6, 6.07) is 27.7. The van der Waals surface area contributed by atoms with E-state index in [4.69, 9.17) is 0 Å². The third-order valence-electron chi connectivity index (χ3n) is 5.97. The van der Waals surface area contributed by atoms with Gasteiger partial charge in [0.05, 0.1) is 11.6 Å². The lowest BCUT2D eigenvalue weighted by atomic mass is 9.85. The molecule has 5 rings (SSSR count). The minimum atomic E-state index is -0.149. The van der Waals surface area contributed by atoms with Crippen LogP contribution in [0.5, 0.6) is 5.75 Å². The average Bonchev–Trinajstić information content (AvgIpc) is 2.79. The molecule has 0 radical (unpaired) electrons. The molecule has 30 heavy (non-hydrogen) atoms. The quantitative estimate of drug-likeness (QED) is 0.468. The number of hydrogen-bond acceptors (Lipinski definition) is 3. The molecule has 1 unspecified atom stereocenters. The van der Waals surface area contributed by atoms with Crippen LogP contribution in [0.15, 0.2) is 84.9 Å². The maximum Gasteiger partial charge on any atom is 0.170 e. The third-order valence-corrected chi connectivity index (χ3v) is 5.97. The zero-order valence-electron chi connectivity index (χ0n) is 16.6. The largest absolute Gasteiger partial charge is 0.507 e. The fourth-order valence-corrected chi connectivity index (χ4v) is 4.51. The Morgan fingerprint density at radius 2 is 1.67 bits per heavy atom. The molecule has 4 aromatic carbocycles. The highest BCUT2D eigenvalue weighted by Gasteiger charge is 2.28. The van der Waals surface area contributed by atoms with E-state index in [-0.39, 0.29) is 24.0 Å². The van der Waals surface area contributed by atoms with Gasteiger partial charge in [0.25, 0.3) is 0 Å². The predicted molar refractivity (Wildman–Crippen MR) is 120 cm³/mol. The van der Waals surface area contributed by atoms with Crippen molar-refractivity contribution >= 4 is 16.6 Å². The second-order valence-electron chi connectivity index (χ2n) is 7.83. The van der Waals surface area contributed by atoms with E-state index in [9.17, 15) is 9.90 Å². The number of ketones is 1. The van der Waals surface area contributed by atoms with Crippen molar-refractivity contribution in [3.05, 3.63) is 113 Å². The van der Waals surface area contributed by atoms with Gasteiger partial charge in [-0.05, 0) is 39.9 Å². The van der Waals surface area contributed by atoms with Gasteiger partial charge in [0, 0.05) is 18.5 Å². The molecule has 0 saturated carbocycles. The number of phenols is 1. The summed E-state index contributed by atoms with van der Waals surface area (Å²) in [4.78, 5) is 13.2. The summed E-state index contributed by atoms with van der Waals surface area (Å²) in [6.07, 6.45) is 1.22. The number of carbonyl (C=O) groups is 1. The summed E-state index contributed by atoms with van der Waals surface area (Å²) in [5.74, 6) is 0.0126. The summed E-state index contributed by atoms with van der Waals surface area (Å²) in [7, 11) is 0. The van der Waals surface area contributed by atoms with Crippen LogP contribution in [-0.2, 0) is 12.8 Å². The van der Waals surface area contributed by atoms with Gasteiger partial charge in [-0.3, -0.25) is 4.79 Å². The Bertz CT molecular complexity index is 1230. The summed E-state index contributed by atoms with van der Waals surface area (Å²) >= 11 is 0. The minimum absolute atomic E-state index is 0.0743. The lowest BCUT2D eigenvalue weighted by molar-refractivity contribution is 0.0990. The van der Waals surface area contributed by atoms with E-state index in [2.05, 4.69) is 23.5 Å². The van der Waals surface area contributed by atoms with Crippen LogP contribution in [0.4, 0.5) is 0 Å². The van der Waals surface area contributed by atoms with E-state index in [0.29, 0.717) is 5.56 Å². The highest BCUT2D eigenvalue weighted by atomic mass is 16.3. The number of Topliss-reactive ketones (excluding diaryl/α,β-unsaturated/α-hetero) is 1. The standard InChI is InChI=1S/C27H23NO2/c29-24(16-18-8-2-1-3-9-18)23-17-20-11-5-6-12-21(20)25(27(23)30)26-22-13-7-4-10-19(22)14-15-28-26/h1-13,17,26,28,30H,14-16H2. The Hall–Kier alpha value is -3.43. The molecule has 0 aliphatic carbocycles. The van der Waals surface area contributed by atoms with E-state index < -0.39 is 0 Å². The van der Waals surface area contributed by atoms with Gasteiger partial charge in [-0.1, -0.05) is 78.9 Å². The molecule has 1 heterocycles. The highest BCUT2D eigenvalue weighted by Crippen LogP contribution is 2.40. The van der Waals surface area contributed by atoms with Gasteiger partial charge in [-0.15, -0.1) is 0 Å². The topological polar surface area (TPSA) is 49.3 Å². The van der Waals surface area contributed by atoms with Crippen LogP contribution in [0.1, 0.15) is 38.7 Å². The van der Waals surface area contributed by atoms with Gasteiger partial charge in [0.15, 0.2) is 5.78 Å². The summed E-state index contributed by atoms with van der Waals surface area (Å²) < 4.78 is 0. The van der Waals surface area contributed by atoms with E-state index in [1.807, 2.05) is 66.7 Å². The zero-order valence-corrected chi connectivity index (χ0v) is 16.6. The Balaban J connectivity index is 1.67. The molecule has 0 fully saturated rings. The molecule has 1 aliphatic heterocycles. The van der Waals surface area contributed by atoms with Crippen LogP contribution in [0, 0.1) is 0 Å². The van der Waals surface area contributed by atoms with E-state index in [1.54, 1.807) is 0 Å². The average molecular weight is 393 g/mol. The second-order valence-corrected chi connectivity index (χ2v) is 7.83. The number of hydrogen-bond donors (Lipinski definition) is 2. The van der Waals surface area contributed by atoms with Crippen molar-refractivity contribution in [2.75, 3.05) is 6.54 Å². The lowest BCUT2D eigenvalue weighted by Gasteiger charge is -2.29. The Morgan fingerprint density at radius 3 is 2.53 bits per heavy atom. The number of rotatable bonds is 4. The summed E-state index contributed by atoms with van der Waals surface area (Å²) in [5.41, 5.74) is 4.56. The number of aromatic hydroxyl groups is 1. The molecule has 0 aromatic heterocycles. The zero-order chi connectivity index (χ0) is 20.5. The Kier molecular flexibility index (Phi) is 4.82. The van der Waals surface area contributed by atoms with Gasteiger partial charge in [-0.25, -0.2) is 0 Å². The predicted octanol–water partition coefficient (Wildman–Crippen LogP) is 5.21. The Labute approximate surface area is 176 Å². The SMILES string of the molecule is O=C(Cc1ccccc1)c1cc2ccccc2c(C2NCCc3ccccc32)c1O. The van der Waals surface area contributed by atoms with Gasteiger partial charge in [0.2, 0.25) is 0 Å². The molecule has 0 spiro atoms. The second kappa shape index (κ2) is 7.77. The van der Waals surface area contributed by atoms with Crippen LogP contribution in [0.25, 0.3) is 10.8 Å². The van der Waals surface area contributed by atoms with Crippen LogP contribution >= 0.6 is 0 Å². The first-order valence-electron chi connectivity index (χ1n) is 10.4. The molecule has 1 atom stereocenters. The van der Waals surface area contributed by atoms with Crippen molar-refractivity contribution in [3.63, 3.8) is 0 Å². The molecule has 1 aliphatic rings. The van der Waals surface area contributed by atoms with Crippen molar-refractivity contribution in [1.82, 2.24) is 5.32 Å². The van der Waals surface area contributed by atoms with E-state index in [0.717, 1.165) is 40.4 Å². The third kappa shape index (κ3) is 3.27. The van der Waals surface area contributed by atoms with Crippen LogP contribution < -0.4 is 5.32 Å². The Morgan fingerprint density at radius 1 is 0.933 bits per heavy atom. The lowest BCUT2D eigenvalue weighted by Crippen LogP contribution is -2.31. The number of nitrogens with one attached hydrogen (secondary N) is 1. The normalized spacial score (nSPS) is 15.7. The first-order valence-corrected chi connectivity index (χ1v) is 10.4. The van der Waals surface area contributed by atoms with Crippen molar-refractivity contribution in [3.8, 4) is 5.75 Å². The van der Waals surface area contributed by atoms with E-state index in [1.165, 1.54) is 5.56 Å². The molecule has 2 N–H and O–H groups in total. The van der Waals surface area contributed by atoms with Crippen molar-refractivity contribution in [2.24, 2.45) is 0 Å². The monoisotopic (exact) mass is 393 g/mol. The first-order chi connectivity index (χ1) is 14.7. The maximum absolute atomic E-state index is 13.2. The molecule has 0 bridgehead atoms. The maximum atomic E-state index is 13.2. The highest BCUT2D eigenvalue weighted by molar-refractivity contribution is 6.05. The molecule has 0 saturated heterocycles. The van der Waals surface area contributed by atoms with Crippen LogP contribution in [-0.4, -0.2) is 17.4 Å². The van der Waals surface area contributed by atoms with Crippen LogP contribution in [0.2, 0.25) is 0 Å². The smallest absolute Gasteiger partial charge is 0.170 e. The molecule has 4 aromatic rings. The van der Waals surface area contributed by atoms with Crippen molar-refractivity contribution in [2.45, 2.75) is 18.9 Å². The fraction of sp³-hybridized carbons (Fsp3) is 0.148. The van der Waals surface area contributed by atoms with Gasteiger partial charge in [0.1, 0.15) is 5.75 Å². The molecule has 148 valence electrons. The molecule has 0 amide bonds. The van der Waals surface area contributed by atoms with Gasteiger partial charge < -0.3 is 10.4 Å². The number of fused-ring (bicyclic) bond motifs is 2. The minimum Gasteiger partial charge on any atom is -0.507 e. The van der Waals surface area contributed by atoms with Gasteiger partial charge >= 0.3 is 0 Å². The van der Waals surface area contributed by atoms with Gasteiger partial charge in [-0.2, -0.15) is 0 Å². The van der Waals surface area contributed by atoms with E-state index >= 15 is 0 Å². The molecule has 3 heteroatoms. The fourth-order valence-electron chi connectivity index (χ4n) is 4.51. The van der Waals surface area contributed by atoms with Crippen molar-refractivity contribution in [1.29, 1.82) is 0 Å². The number of benzene rings is 4. The molecule has 3 nitrogen and oxygen atoms in total. The molecular weight excluding hydrogens is 370 g/mol. The first kappa shape index (κ1) is 18.6.